The molecule has 0 fully saturated rings. The third-order valence-corrected chi connectivity index (χ3v) is 6.11. The predicted molar refractivity (Wildman–Crippen MR) is 140 cm³/mol. The first-order chi connectivity index (χ1) is 20.1. The van der Waals surface area contributed by atoms with Gasteiger partial charge in [-0.3, -0.25) is 0 Å². The second-order valence-electron chi connectivity index (χ2n) is 7.89. The fourth-order valence-electron chi connectivity index (χ4n) is 4.70. The van der Waals surface area contributed by atoms with Crippen molar-refractivity contribution in [2.24, 2.45) is 0 Å². The number of furan rings is 1. The van der Waals surface area contributed by atoms with Crippen LogP contribution in [-0.2, 0) is 0 Å². The summed E-state index contributed by atoms with van der Waals surface area (Å²) >= 11 is 0. The third kappa shape index (κ3) is 2.73. The maximum Gasteiger partial charge on any atom is 0.135 e. The van der Waals surface area contributed by atoms with Crippen molar-refractivity contribution in [1.82, 2.24) is 0 Å². The summed E-state index contributed by atoms with van der Waals surface area (Å²) in [6.07, 6.45) is 1.58. The minimum atomic E-state index is -0.544. The van der Waals surface area contributed by atoms with E-state index in [4.69, 9.17) is 16.8 Å². The van der Waals surface area contributed by atoms with E-state index in [-0.39, 0.29) is 34.0 Å². The molecule has 7 aromatic rings. The second-order valence-corrected chi connectivity index (χ2v) is 7.89. The molecule has 1 heteroatoms. The monoisotopic (exact) mass is 429 g/mol. The summed E-state index contributed by atoms with van der Waals surface area (Å²) in [7, 11) is 0. The summed E-state index contributed by atoms with van der Waals surface area (Å²) in [5.74, 6) is 0. The minimum absolute atomic E-state index is 0.0726. The van der Waals surface area contributed by atoms with Gasteiger partial charge in [-0.1, -0.05) is 103 Å². The Balaban J connectivity index is 1.76. The lowest BCUT2D eigenvalue weighted by Crippen LogP contribution is -1.90. The van der Waals surface area contributed by atoms with Crippen LogP contribution >= 0.6 is 0 Å². The Kier molecular flexibility index (Phi) is 2.46. The van der Waals surface area contributed by atoms with Crippen molar-refractivity contribution in [3.05, 3.63) is 121 Å². The highest BCUT2D eigenvalue weighted by Crippen LogP contribution is 2.45. The van der Waals surface area contributed by atoms with Gasteiger partial charge in [0, 0.05) is 16.5 Å². The van der Waals surface area contributed by atoms with Gasteiger partial charge in [-0.25, -0.2) is 0 Å². The lowest BCUT2D eigenvalue weighted by Gasteiger charge is -2.17. The summed E-state index contributed by atoms with van der Waals surface area (Å²) in [6, 6.07) is 14.8. The van der Waals surface area contributed by atoms with Gasteiger partial charge in [-0.15, -0.1) is 0 Å². The van der Waals surface area contributed by atoms with Crippen LogP contribution < -0.4 is 0 Å². The third-order valence-electron chi connectivity index (χ3n) is 6.11. The van der Waals surface area contributed by atoms with Crippen LogP contribution in [0.5, 0.6) is 0 Å². The Morgan fingerprint density at radius 1 is 0.545 bits per heavy atom. The van der Waals surface area contributed by atoms with Gasteiger partial charge >= 0.3 is 0 Å². The molecule has 0 N–H and O–H groups in total. The molecule has 0 atom stereocenters. The highest BCUT2D eigenvalue weighted by molar-refractivity contribution is 6.23. The molecule has 1 heterocycles. The van der Waals surface area contributed by atoms with Gasteiger partial charge in [0.1, 0.15) is 5.58 Å². The van der Waals surface area contributed by atoms with Crippen LogP contribution in [-0.4, -0.2) is 0 Å². The van der Waals surface area contributed by atoms with E-state index in [2.05, 4.69) is 0 Å². The van der Waals surface area contributed by atoms with E-state index in [1.807, 2.05) is 42.5 Å². The van der Waals surface area contributed by atoms with E-state index >= 15 is 0 Å². The first kappa shape index (κ1) is 11.5. The van der Waals surface area contributed by atoms with Crippen LogP contribution in [0.25, 0.3) is 65.5 Å². The number of benzene rings is 6. The van der Waals surface area contributed by atoms with Crippen LogP contribution in [0.4, 0.5) is 0 Å². The quantitative estimate of drug-likeness (QED) is 0.250. The van der Waals surface area contributed by atoms with Crippen molar-refractivity contribution in [3.8, 4) is 22.3 Å². The van der Waals surface area contributed by atoms with Gasteiger partial charge < -0.3 is 4.42 Å². The fourth-order valence-corrected chi connectivity index (χ4v) is 4.70. The Morgan fingerprint density at radius 2 is 1.15 bits per heavy atom. The number of hydrogen-bond acceptors (Lipinski definition) is 1. The predicted octanol–water partition coefficient (Wildman–Crippen LogP) is 9.23. The fraction of sp³-hybridized carbons (Fsp3) is 0. The minimum Gasteiger partial charge on any atom is -0.464 e. The van der Waals surface area contributed by atoms with Gasteiger partial charge in [0.25, 0.3) is 0 Å². The molecule has 0 aliphatic carbocycles. The summed E-state index contributed by atoms with van der Waals surface area (Å²) in [5.41, 5.74) is 1.78. The Hall–Kier alpha value is -4.36. The largest absolute Gasteiger partial charge is 0.464 e. The molecule has 0 spiro atoms. The molecule has 154 valence electrons. The van der Waals surface area contributed by atoms with Gasteiger partial charge in [0.2, 0.25) is 0 Å². The van der Waals surface area contributed by atoms with Crippen molar-refractivity contribution in [2.45, 2.75) is 0 Å². The molecule has 0 radical (unpaired) electrons. The molecule has 6 aromatic carbocycles. The molecule has 0 saturated carbocycles. The van der Waals surface area contributed by atoms with E-state index < -0.39 is 42.3 Å². The zero-order valence-corrected chi connectivity index (χ0v) is 17.3. The maximum atomic E-state index is 9.05. The van der Waals surface area contributed by atoms with Crippen LogP contribution in [0.2, 0.25) is 0 Å². The molecule has 1 nitrogen and oxygen atoms in total. The van der Waals surface area contributed by atoms with E-state index in [1.165, 1.54) is 0 Å². The first-order valence-electron chi connectivity index (χ1n) is 15.0. The Morgan fingerprint density at radius 3 is 1.91 bits per heavy atom. The maximum absolute atomic E-state index is 9.05. The number of hydrogen-bond donors (Lipinski definition) is 0. The van der Waals surface area contributed by atoms with Crippen molar-refractivity contribution in [1.29, 1.82) is 0 Å². The molecular formula is C32H20O. The topological polar surface area (TPSA) is 13.1 Å². The smallest absolute Gasteiger partial charge is 0.135 e. The highest BCUT2D eigenvalue weighted by atomic mass is 16.3. The average Bonchev–Trinajstić information content (AvgIpc) is 3.41. The normalized spacial score (nSPS) is 15.5. The molecule has 0 bridgehead atoms. The van der Waals surface area contributed by atoms with Crippen LogP contribution in [0.3, 0.4) is 0 Å². The molecular weight excluding hydrogens is 400 g/mol. The molecule has 0 aliphatic rings. The molecule has 0 unspecified atom stereocenters. The second kappa shape index (κ2) is 7.08. The van der Waals surface area contributed by atoms with E-state index in [0.717, 1.165) is 16.2 Å². The molecule has 0 aliphatic heterocycles. The molecule has 0 amide bonds. The highest BCUT2D eigenvalue weighted by Gasteiger charge is 2.19. The zero-order valence-electron chi connectivity index (χ0n) is 26.3. The van der Waals surface area contributed by atoms with Crippen LogP contribution in [0, 0.1) is 0 Å². The summed E-state index contributed by atoms with van der Waals surface area (Å²) in [5, 5.41) is 4.04. The standard InChI is InChI=1S/C32H20O/c1-2-10-21(11-3-1)31-24-14-6-8-16-26(24)32(27-17-9-7-15-25(27)31)29-20-33-30-19-23-13-5-4-12-22(23)18-28(29)30/h1-20H/i1D,2D,3D,6D,8D,10D,11D,14D,16D. The summed E-state index contributed by atoms with van der Waals surface area (Å²) in [4.78, 5) is 0. The Labute approximate surface area is 204 Å². The van der Waals surface area contributed by atoms with Crippen molar-refractivity contribution < 1.29 is 16.8 Å². The van der Waals surface area contributed by atoms with Crippen molar-refractivity contribution >= 4 is 43.3 Å². The molecule has 0 saturated heterocycles. The average molecular weight is 430 g/mol. The SMILES string of the molecule is [2H]c1c([2H])c([2H])c(-c2c3ccccc3c(-c3coc4cc5ccccc5cc34)c3c([2H])c([2H])c([2H])c([2H])c23)c([2H])c1[2H]. The van der Waals surface area contributed by atoms with Crippen LogP contribution in [0.15, 0.2) is 126 Å². The van der Waals surface area contributed by atoms with Crippen LogP contribution in [0.1, 0.15) is 12.3 Å². The number of rotatable bonds is 2. The lowest BCUT2D eigenvalue weighted by molar-refractivity contribution is 0.617. The number of fused-ring (bicyclic) bond motifs is 4. The molecule has 33 heavy (non-hydrogen) atoms. The lowest BCUT2D eigenvalue weighted by atomic mass is 9.86. The van der Waals surface area contributed by atoms with E-state index in [0.29, 0.717) is 27.5 Å². The van der Waals surface area contributed by atoms with Crippen molar-refractivity contribution in [2.75, 3.05) is 0 Å². The molecule has 1 aromatic heterocycles. The van der Waals surface area contributed by atoms with Gasteiger partial charge in [0.15, 0.2) is 0 Å². The molecule has 7 rings (SSSR count). The van der Waals surface area contributed by atoms with E-state index in [1.54, 1.807) is 24.5 Å². The summed E-state index contributed by atoms with van der Waals surface area (Å²) < 4.78 is 83.3. The van der Waals surface area contributed by atoms with Gasteiger partial charge in [-0.05, 0) is 55.6 Å². The zero-order chi connectivity index (χ0) is 29.6. The first-order valence-corrected chi connectivity index (χ1v) is 10.5. The summed E-state index contributed by atoms with van der Waals surface area (Å²) in [6.45, 7) is 0. The van der Waals surface area contributed by atoms with Gasteiger partial charge in [-0.2, -0.15) is 0 Å². The Bertz CT molecular complexity index is 2270. The van der Waals surface area contributed by atoms with E-state index in [9.17, 15) is 0 Å². The van der Waals surface area contributed by atoms with Gasteiger partial charge in [0.05, 0.1) is 18.6 Å². The van der Waals surface area contributed by atoms with Crippen molar-refractivity contribution in [3.63, 3.8) is 0 Å².